The van der Waals surface area contributed by atoms with E-state index < -0.39 is 10.4 Å². The molecule has 0 unspecified atom stereocenters. The van der Waals surface area contributed by atoms with E-state index in [-0.39, 0.29) is 6.61 Å². The summed E-state index contributed by atoms with van der Waals surface area (Å²) in [5.74, 6) is 0. The monoisotopic (exact) mass is 504 g/mol. The number of hydrogen-bond donors (Lipinski definition) is 1. The molecule has 0 fully saturated rings. The zero-order valence-corrected chi connectivity index (χ0v) is 23.7. The molecule has 0 aromatic carbocycles. The van der Waals surface area contributed by atoms with E-state index in [2.05, 4.69) is 11.1 Å². The van der Waals surface area contributed by atoms with Gasteiger partial charge in [-0.1, -0.05) is 174 Å². The second-order valence-corrected chi connectivity index (χ2v) is 11.5. The van der Waals surface area contributed by atoms with Crippen LogP contribution in [0.5, 0.6) is 0 Å². The van der Waals surface area contributed by atoms with Gasteiger partial charge in [0.05, 0.1) is 6.61 Å². The first-order valence-electron chi connectivity index (χ1n) is 15.2. The zero-order valence-electron chi connectivity index (χ0n) is 22.9. The molecular formula is C29H60O4S. The maximum absolute atomic E-state index is 10.4. The Labute approximate surface area is 214 Å². The standard InChI is InChI=1S/C29H60O4S/c1-2-3-4-5-6-7-8-9-10-11-12-13-14-15-16-17-18-19-20-21-22-23-24-25-26-27-28-29-33-34(30,31)32/h2-29H2,1H3,(H,30,31,32). The van der Waals surface area contributed by atoms with Crippen LogP contribution in [0.25, 0.3) is 0 Å². The van der Waals surface area contributed by atoms with Crippen molar-refractivity contribution in [3.8, 4) is 0 Å². The highest BCUT2D eigenvalue weighted by molar-refractivity contribution is 7.80. The lowest BCUT2D eigenvalue weighted by Gasteiger charge is -2.04. The van der Waals surface area contributed by atoms with E-state index in [0.717, 1.165) is 12.8 Å². The molecule has 0 aliphatic heterocycles. The third-order valence-corrected chi connectivity index (χ3v) is 7.44. The van der Waals surface area contributed by atoms with Gasteiger partial charge >= 0.3 is 10.4 Å². The van der Waals surface area contributed by atoms with Crippen LogP contribution >= 0.6 is 0 Å². The van der Waals surface area contributed by atoms with E-state index >= 15 is 0 Å². The Morgan fingerprint density at radius 1 is 0.412 bits per heavy atom. The molecule has 0 spiro atoms. The first kappa shape index (κ1) is 33.9. The average Bonchev–Trinajstić information content (AvgIpc) is 2.80. The first-order chi connectivity index (χ1) is 16.6. The van der Waals surface area contributed by atoms with Crippen molar-refractivity contribution in [2.75, 3.05) is 6.61 Å². The van der Waals surface area contributed by atoms with Crippen LogP contribution < -0.4 is 0 Å². The molecule has 206 valence electrons. The van der Waals surface area contributed by atoms with Crippen molar-refractivity contribution >= 4 is 10.4 Å². The Kier molecular flexibility index (Phi) is 27.4. The maximum Gasteiger partial charge on any atom is 0.397 e. The summed E-state index contributed by atoms with van der Waals surface area (Å²) in [7, 11) is -4.25. The van der Waals surface area contributed by atoms with Crippen LogP contribution in [0.2, 0.25) is 0 Å². The van der Waals surface area contributed by atoms with Gasteiger partial charge in [-0.3, -0.25) is 4.55 Å². The van der Waals surface area contributed by atoms with E-state index in [1.807, 2.05) is 0 Å². The lowest BCUT2D eigenvalue weighted by atomic mass is 10.0. The highest BCUT2D eigenvalue weighted by Crippen LogP contribution is 2.16. The number of hydrogen-bond acceptors (Lipinski definition) is 3. The third kappa shape index (κ3) is 31.9. The van der Waals surface area contributed by atoms with Crippen molar-refractivity contribution in [1.82, 2.24) is 0 Å². The van der Waals surface area contributed by atoms with Gasteiger partial charge in [0.25, 0.3) is 0 Å². The minimum atomic E-state index is -4.25. The quantitative estimate of drug-likeness (QED) is 0.0812. The normalized spacial score (nSPS) is 11.9. The smallest absolute Gasteiger partial charge is 0.264 e. The van der Waals surface area contributed by atoms with Crippen molar-refractivity contribution in [3.05, 3.63) is 0 Å². The lowest BCUT2D eigenvalue weighted by Crippen LogP contribution is -2.04. The van der Waals surface area contributed by atoms with Crippen LogP contribution in [0.4, 0.5) is 0 Å². The molecular weight excluding hydrogens is 444 g/mol. The van der Waals surface area contributed by atoms with Gasteiger partial charge in [0, 0.05) is 0 Å². The van der Waals surface area contributed by atoms with Crippen LogP contribution in [0.1, 0.15) is 180 Å². The molecule has 34 heavy (non-hydrogen) atoms. The van der Waals surface area contributed by atoms with Crippen LogP contribution in [-0.2, 0) is 14.6 Å². The van der Waals surface area contributed by atoms with Gasteiger partial charge in [0.2, 0.25) is 0 Å². The van der Waals surface area contributed by atoms with Crippen molar-refractivity contribution in [1.29, 1.82) is 0 Å². The molecule has 5 heteroatoms. The molecule has 0 aliphatic rings. The SMILES string of the molecule is CCCCCCCCCCCCCCCCCCCCCCCCCCCCCOS(=O)(=O)O. The fraction of sp³-hybridized carbons (Fsp3) is 1.00. The van der Waals surface area contributed by atoms with E-state index in [1.54, 1.807) is 0 Å². The summed E-state index contributed by atoms with van der Waals surface area (Å²) in [6, 6.07) is 0. The minimum Gasteiger partial charge on any atom is -0.264 e. The average molecular weight is 505 g/mol. The van der Waals surface area contributed by atoms with Crippen molar-refractivity contribution in [2.45, 2.75) is 180 Å². The molecule has 4 nitrogen and oxygen atoms in total. The molecule has 0 aromatic rings. The van der Waals surface area contributed by atoms with Crippen molar-refractivity contribution < 1.29 is 17.2 Å². The molecule has 0 atom stereocenters. The Balaban J connectivity index is 3.04. The zero-order chi connectivity index (χ0) is 25.0. The highest BCUT2D eigenvalue weighted by atomic mass is 32.3. The van der Waals surface area contributed by atoms with Crippen LogP contribution in [0.3, 0.4) is 0 Å². The summed E-state index contributed by atoms with van der Waals surface area (Å²) in [4.78, 5) is 0. The Hall–Kier alpha value is -0.130. The largest absolute Gasteiger partial charge is 0.397 e. The van der Waals surface area contributed by atoms with Crippen molar-refractivity contribution in [3.63, 3.8) is 0 Å². The fourth-order valence-electron chi connectivity index (χ4n) is 4.76. The molecule has 0 aromatic heterocycles. The summed E-state index contributed by atoms with van der Waals surface area (Å²) >= 11 is 0. The summed E-state index contributed by atoms with van der Waals surface area (Å²) in [6.07, 6.45) is 36.7. The van der Waals surface area contributed by atoms with Gasteiger partial charge in [0.1, 0.15) is 0 Å². The summed E-state index contributed by atoms with van der Waals surface area (Å²) in [6.45, 7) is 2.39. The molecule has 0 heterocycles. The topological polar surface area (TPSA) is 63.6 Å². The second-order valence-electron chi connectivity index (χ2n) is 10.4. The molecule has 1 N–H and O–H groups in total. The highest BCUT2D eigenvalue weighted by Gasteiger charge is 2.02. The Morgan fingerprint density at radius 3 is 0.824 bits per heavy atom. The van der Waals surface area contributed by atoms with E-state index in [9.17, 15) is 8.42 Å². The molecule has 0 aliphatic carbocycles. The molecule has 0 saturated heterocycles. The van der Waals surface area contributed by atoms with Crippen LogP contribution in [0.15, 0.2) is 0 Å². The van der Waals surface area contributed by atoms with Gasteiger partial charge in [-0.15, -0.1) is 0 Å². The molecule has 0 bridgehead atoms. The predicted octanol–water partition coefficient (Wildman–Crippen LogP) is 10.4. The molecule has 0 amide bonds. The van der Waals surface area contributed by atoms with E-state index in [0.29, 0.717) is 6.42 Å². The summed E-state index contributed by atoms with van der Waals surface area (Å²) in [5, 5.41) is 0. The second kappa shape index (κ2) is 27.5. The van der Waals surface area contributed by atoms with Gasteiger partial charge < -0.3 is 0 Å². The van der Waals surface area contributed by atoms with E-state index in [4.69, 9.17) is 4.55 Å². The van der Waals surface area contributed by atoms with Gasteiger partial charge in [0.15, 0.2) is 0 Å². The molecule has 0 saturated carbocycles. The summed E-state index contributed by atoms with van der Waals surface area (Å²) < 4.78 is 33.6. The van der Waals surface area contributed by atoms with Crippen molar-refractivity contribution in [2.24, 2.45) is 0 Å². The minimum absolute atomic E-state index is 0.0955. The fourth-order valence-corrected chi connectivity index (χ4v) is 5.09. The predicted molar refractivity (Wildman–Crippen MR) is 148 cm³/mol. The first-order valence-corrected chi connectivity index (χ1v) is 16.5. The van der Waals surface area contributed by atoms with E-state index in [1.165, 1.54) is 154 Å². The van der Waals surface area contributed by atoms with Gasteiger partial charge in [-0.25, -0.2) is 4.18 Å². The van der Waals surface area contributed by atoms with Crippen LogP contribution in [-0.4, -0.2) is 19.6 Å². The Morgan fingerprint density at radius 2 is 0.618 bits per heavy atom. The number of unbranched alkanes of at least 4 members (excludes halogenated alkanes) is 26. The number of rotatable bonds is 29. The van der Waals surface area contributed by atoms with Gasteiger partial charge in [-0.05, 0) is 6.42 Å². The maximum atomic E-state index is 10.4. The van der Waals surface area contributed by atoms with Gasteiger partial charge in [-0.2, -0.15) is 8.42 Å². The molecule has 0 rings (SSSR count). The van der Waals surface area contributed by atoms with Crippen LogP contribution in [0, 0.1) is 0 Å². The third-order valence-electron chi connectivity index (χ3n) is 6.98. The molecule has 0 radical (unpaired) electrons. The lowest BCUT2D eigenvalue weighted by molar-refractivity contribution is 0.261. The Bertz CT molecular complexity index is 479. The summed E-state index contributed by atoms with van der Waals surface area (Å²) in [5.41, 5.74) is 0.